The van der Waals surface area contributed by atoms with Gasteiger partial charge < -0.3 is 18.9 Å². The summed E-state index contributed by atoms with van der Waals surface area (Å²) in [7, 11) is 6.77. The highest BCUT2D eigenvalue weighted by atomic mass is 16.5. The van der Waals surface area contributed by atoms with Gasteiger partial charge in [-0.3, -0.25) is 0 Å². The van der Waals surface area contributed by atoms with E-state index in [1.54, 1.807) is 28.4 Å². The van der Waals surface area contributed by atoms with Crippen molar-refractivity contribution in [3.05, 3.63) is 166 Å². The molecule has 0 heterocycles. The van der Waals surface area contributed by atoms with Crippen LogP contribution in [0.2, 0.25) is 0 Å². The first-order chi connectivity index (χ1) is 23.1. The quantitative estimate of drug-likeness (QED) is 0.174. The van der Waals surface area contributed by atoms with Gasteiger partial charge in [-0.1, -0.05) is 91.0 Å². The Balaban J connectivity index is 1.46. The van der Waals surface area contributed by atoms with Gasteiger partial charge in [-0.05, 0) is 86.5 Å². The second kappa shape index (κ2) is 12.9. The monoisotopic (exact) mass is 616 g/mol. The van der Waals surface area contributed by atoms with Gasteiger partial charge in [-0.25, -0.2) is 0 Å². The summed E-state index contributed by atoms with van der Waals surface area (Å²) < 4.78 is 22.8. The number of hydrogen-bond acceptors (Lipinski definition) is 4. The Morgan fingerprint density at radius 3 is 1.79 bits per heavy atom. The van der Waals surface area contributed by atoms with Crippen LogP contribution in [0.4, 0.5) is 0 Å². The highest BCUT2D eigenvalue weighted by Gasteiger charge is 2.35. The fourth-order valence-corrected chi connectivity index (χ4v) is 6.65. The third-order valence-electron chi connectivity index (χ3n) is 8.92. The summed E-state index contributed by atoms with van der Waals surface area (Å²) >= 11 is 0. The Morgan fingerprint density at radius 1 is 0.511 bits per heavy atom. The lowest BCUT2D eigenvalue weighted by atomic mass is 9.73. The number of rotatable bonds is 8. The molecule has 5 aromatic rings. The second-order valence-corrected chi connectivity index (χ2v) is 11.6. The average molecular weight is 617 g/mol. The summed E-state index contributed by atoms with van der Waals surface area (Å²) in [6.45, 7) is 0. The molecule has 0 fully saturated rings. The van der Waals surface area contributed by atoms with Gasteiger partial charge in [0.1, 0.15) is 23.0 Å². The summed E-state index contributed by atoms with van der Waals surface area (Å²) in [5.41, 5.74) is 12.6. The van der Waals surface area contributed by atoms with Crippen LogP contribution in [-0.2, 0) is 0 Å². The summed E-state index contributed by atoms with van der Waals surface area (Å²) in [5, 5.41) is 0. The van der Waals surface area contributed by atoms with E-state index in [4.69, 9.17) is 18.9 Å². The molecule has 0 radical (unpaired) electrons. The van der Waals surface area contributed by atoms with Gasteiger partial charge in [-0.2, -0.15) is 0 Å². The zero-order valence-electron chi connectivity index (χ0n) is 27.0. The number of hydrogen-bond donors (Lipinski definition) is 0. The minimum atomic E-state index is -0.0956. The molecule has 5 aromatic carbocycles. The Bertz CT molecular complexity index is 2070. The van der Waals surface area contributed by atoms with E-state index in [0.29, 0.717) is 0 Å². The van der Waals surface area contributed by atoms with E-state index in [-0.39, 0.29) is 5.92 Å². The van der Waals surface area contributed by atoms with Crippen molar-refractivity contribution in [1.82, 2.24) is 0 Å². The number of fused-ring (bicyclic) bond motifs is 3. The Hall–Kier alpha value is -5.74. The molecule has 0 saturated carbocycles. The molecule has 232 valence electrons. The molecule has 0 amide bonds. The van der Waals surface area contributed by atoms with E-state index < -0.39 is 0 Å². The topological polar surface area (TPSA) is 36.9 Å². The molecule has 2 aliphatic rings. The van der Waals surface area contributed by atoms with Crippen LogP contribution in [-0.4, -0.2) is 28.4 Å². The van der Waals surface area contributed by atoms with Crippen LogP contribution in [0.1, 0.15) is 33.7 Å². The lowest BCUT2D eigenvalue weighted by Crippen LogP contribution is -2.13. The van der Waals surface area contributed by atoms with Gasteiger partial charge in [0.25, 0.3) is 0 Å². The molecule has 1 unspecified atom stereocenters. The van der Waals surface area contributed by atoms with Crippen LogP contribution in [0.25, 0.3) is 34.9 Å². The smallest absolute Gasteiger partial charge is 0.130 e. The van der Waals surface area contributed by atoms with E-state index in [1.165, 1.54) is 33.4 Å². The number of allylic oxidation sites excluding steroid dienone is 5. The Morgan fingerprint density at radius 2 is 1.13 bits per heavy atom. The summed E-state index contributed by atoms with van der Waals surface area (Å²) in [6, 6.07) is 39.8. The van der Waals surface area contributed by atoms with Crippen molar-refractivity contribution in [2.75, 3.05) is 28.4 Å². The molecule has 0 aliphatic heterocycles. The molecule has 7 rings (SSSR count). The molecule has 47 heavy (non-hydrogen) atoms. The molecule has 0 spiro atoms. The minimum Gasteiger partial charge on any atom is -0.497 e. The van der Waals surface area contributed by atoms with E-state index >= 15 is 0 Å². The minimum absolute atomic E-state index is 0.0956. The lowest BCUT2D eigenvalue weighted by Gasteiger charge is -2.31. The molecule has 4 heteroatoms. The van der Waals surface area contributed by atoms with E-state index in [2.05, 4.69) is 115 Å². The summed E-state index contributed by atoms with van der Waals surface area (Å²) in [4.78, 5) is 0. The molecule has 0 saturated heterocycles. The maximum Gasteiger partial charge on any atom is 0.130 e. The van der Waals surface area contributed by atoms with Gasteiger partial charge in [0, 0.05) is 29.2 Å². The van der Waals surface area contributed by atoms with Crippen LogP contribution >= 0.6 is 0 Å². The number of ether oxygens (including phenoxy) is 4. The normalized spacial score (nSPS) is 16.6. The van der Waals surface area contributed by atoms with Crippen molar-refractivity contribution in [2.24, 2.45) is 0 Å². The first-order valence-electron chi connectivity index (χ1n) is 15.7. The molecule has 0 bridgehead atoms. The van der Waals surface area contributed by atoms with Crippen molar-refractivity contribution in [3.8, 4) is 34.1 Å². The maximum atomic E-state index is 6.02. The predicted octanol–water partition coefficient (Wildman–Crippen LogP) is 10.1. The second-order valence-electron chi connectivity index (χ2n) is 11.6. The first kappa shape index (κ1) is 29.9. The molecule has 0 N–H and O–H groups in total. The largest absolute Gasteiger partial charge is 0.497 e. The third kappa shape index (κ3) is 5.75. The number of methoxy groups -OCH3 is 4. The zero-order chi connectivity index (χ0) is 32.3. The Kier molecular flexibility index (Phi) is 8.24. The summed E-state index contributed by atoms with van der Waals surface area (Å²) in [5.74, 6) is 2.99. The highest BCUT2D eigenvalue weighted by molar-refractivity contribution is 6.04. The van der Waals surface area contributed by atoms with E-state index in [0.717, 1.165) is 50.8 Å². The van der Waals surface area contributed by atoms with Crippen molar-refractivity contribution in [1.29, 1.82) is 0 Å². The molecular weight excluding hydrogens is 580 g/mol. The van der Waals surface area contributed by atoms with Gasteiger partial charge in [0.05, 0.1) is 28.4 Å². The first-order valence-corrected chi connectivity index (χ1v) is 15.7. The molecular formula is C43H36O4. The molecule has 4 nitrogen and oxygen atoms in total. The lowest BCUT2D eigenvalue weighted by molar-refractivity contribution is 0.390. The average Bonchev–Trinajstić information content (AvgIpc) is 3.49. The van der Waals surface area contributed by atoms with Crippen LogP contribution < -0.4 is 18.9 Å². The zero-order valence-corrected chi connectivity index (χ0v) is 27.0. The molecule has 2 aliphatic carbocycles. The van der Waals surface area contributed by atoms with Gasteiger partial charge in [0.2, 0.25) is 0 Å². The summed E-state index contributed by atoms with van der Waals surface area (Å²) in [6.07, 6.45) is 9.31. The van der Waals surface area contributed by atoms with E-state index in [9.17, 15) is 0 Å². The van der Waals surface area contributed by atoms with Crippen LogP contribution in [0.3, 0.4) is 0 Å². The van der Waals surface area contributed by atoms with Crippen molar-refractivity contribution in [2.45, 2.75) is 5.92 Å². The fourth-order valence-electron chi connectivity index (χ4n) is 6.65. The predicted molar refractivity (Wildman–Crippen MR) is 192 cm³/mol. The molecule has 1 atom stereocenters. The number of benzene rings is 5. The molecule has 0 aromatic heterocycles. The van der Waals surface area contributed by atoms with Crippen molar-refractivity contribution >= 4 is 23.8 Å². The van der Waals surface area contributed by atoms with Crippen LogP contribution in [0, 0.1) is 0 Å². The van der Waals surface area contributed by atoms with Crippen molar-refractivity contribution < 1.29 is 18.9 Å². The fraction of sp³-hybridized carbons (Fsp3) is 0.116. The third-order valence-corrected chi connectivity index (χ3v) is 8.92. The standard InChI is InChI=1S/C43H36O4/c1-44-33-16-19-36(41(26-33)46-3)30-15-18-35-31(23-30)24-39-38(35)25-32(21-28-11-7-5-8-12-28)43(40(39)22-29-13-9-6-10-14-29)37-20-17-34(45-2)27-42(37)47-4/h5-27,43H,1-4H3. The van der Waals surface area contributed by atoms with Crippen molar-refractivity contribution in [3.63, 3.8) is 0 Å². The van der Waals surface area contributed by atoms with Crippen LogP contribution in [0.15, 0.2) is 138 Å². The van der Waals surface area contributed by atoms with Gasteiger partial charge in [-0.15, -0.1) is 0 Å². The maximum absolute atomic E-state index is 6.02. The highest BCUT2D eigenvalue weighted by Crippen LogP contribution is 2.54. The van der Waals surface area contributed by atoms with E-state index in [1.807, 2.05) is 24.3 Å². The Labute approximate surface area is 276 Å². The van der Waals surface area contributed by atoms with Crippen LogP contribution in [0.5, 0.6) is 23.0 Å². The van der Waals surface area contributed by atoms with Gasteiger partial charge >= 0.3 is 0 Å². The SMILES string of the molecule is COc1ccc(-c2ccc3c(c2)C=C2C3=CC(=Cc3ccccc3)C(c3ccc(OC)cc3OC)C2=Cc2ccccc2)c(OC)c1. The van der Waals surface area contributed by atoms with Gasteiger partial charge in [0.15, 0.2) is 0 Å².